The highest BCUT2D eigenvalue weighted by molar-refractivity contribution is 6.30. The normalized spacial score (nSPS) is 11.1. The fourth-order valence-corrected chi connectivity index (χ4v) is 2.75. The summed E-state index contributed by atoms with van der Waals surface area (Å²) in [6.45, 7) is 1.85. The lowest BCUT2D eigenvalue weighted by atomic mass is 10.2. The first-order valence-electron chi connectivity index (χ1n) is 8.82. The maximum Gasteiger partial charge on any atom is 0.204 e. The van der Waals surface area contributed by atoms with E-state index in [2.05, 4.69) is 30.8 Å². The van der Waals surface area contributed by atoms with Crippen molar-refractivity contribution in [3.05, 3.63) is 58.6 Å². The summed E-state index contributed by atoms with van der Waals surface area (Å²) in [5.74, 6) is 1.09. The Balaban J connectivity index is 1.22. The van der Waals surface area contributed by atoms with Crippen molar-refractivity contribution in [2.75, 3.05) is 13.2 Å². The molecule has 0 atom stereocenters. The Morgan fingerprint density at radius 2 is 1.07 bits per heavy atom. The number of aromatic nitrogens is 8. The molecule has 11 heteroatoms. The molecule has 0 aliphatic rings. The molecular weight excluding hydrogens is 415 g/mol. The van der Waals surface area contributed by atoms with Gasteiger partial charge in [-0.1, -0.05) is 23.2 Å². The topological polar surface area (TPSA) is 96.4 Å². The summed E-state index contributed by atoms with van der Waals surface area (Å²) in [4.78, 5) is 2.99. The molecule has 0 bridgehead atoms. The fraction of sp³-hybridized carbons (Fsp3) is 0.222. The first-order valence-corrected chi connectivity index (χ1v) is 9.58. The average molecular weight is 431 g/mol. The monoisotopic (exact) mass is 430 g/mol. The Morgan fingerprint density at radius 1 is 0.655 bits per heavy atom. The van der Waals surface area contributed by atoms with Gasteiger partial charge in [0.25, 0.3) is 0 Å². The zero-order valence-corrected chi connectivity index (χ0v) is 16.7. The van der Waals surface area contributed by atoms with Crippen LogP contribution in [0.2, 0.25) is 10.0 Å². The van der Waals surface area contributed by atoms with Crippen LogP contribution in [0.5, 0.6) is 0 Å². The lowest BCUT2D eigenvalue weighted by Crippen LogP contribution is -2.13. The molecule has 0 fully saturated rings. The molecule has 2 heterocycles. The number of hydrogen-bond acceptors (Lipinski definition) is 7. The predicted octanol–water partition coefficient (Wildman–Crippen LogP) is 3.02. The van der Waals surface area contributed by atoms with E-state index in [1.165, 1.54) is 9.59 Å². The summed E-state index contributed by atoms with van der Waals surface area (Å²) in [5, 5.41) is 26.1. The highest BCUT2D eigenvalue weighted by atomic mass is 35.5. The summed E-state index contributed by atoms with van der Waals surface area (Å²) in [6, 6.07) is 14.6. The molecule has 4 rings (SSSR count). The van der Waals surface area contributed by atoms with Gasteiger partial charge in [-0.05, 0) is 59.0 Å². The molecule has 9 nitrogen and oxygen atoms in total. The zero-order valence-electron chi connectivity index (χ0n) is 15.2. The molecule has 0 amide bonds. The number of benzene rings is 2. The maximum absolute atomic E-state index is 5.89. The number of halogens is 2. The van der Waals surface area contributed by atoms with Gasteiger partial charge in [-0.2, -0.15) is 9.59 Å². The summed E-state index contributed by atoms with van der Waals surface area (Å²) >= 11 is 11.8. The molecule has 2 aromatic heterocycles. The van der Waals surface area contributed by atoms with Gasteiger partial charge in [-0.25, -0.2) is 0 Å². The number of hydrogen-bond donors (Lipinski definition) is 0. The standard InChI is InChI=1S/C18H16Cl2N8O/c19-15-5-1-13(2-6-15)17-21-25-27(23-17)9-11-29-12-10-28-24-18(22-26-28)14-3-7-16(20)8-4-14/h1-8H,9-12H2. The van der Waals surface area contributed by atoms with E-state index in [0.29, 0.717) is 48.0 Å². The minimum absolute atomic E-state index is 0.440. The van der Waals surface area contributed by atoms with Crippen molar-refractivity contribution in [3.8, 4) is 22.8 Å². The molecule has 2 aromatic carbocycles. The van der Waals surface area contributed by atoms with E-state index >= 15 is 0 Å². The molecule has 0 aliphatic carbocycles. The van der Waals surface area contributed by atoms with Gasteiger partial charge in [0.05, 0.1) is 26.3 Å². The molecule has 0 aliphatic heterocycles. The minimum atomic E-state index is 0.440. The Labute approximate surface area is 176 Å². The maximum atomic E-state index is 5.89. The zero-order chi connectivity index (χ0) is 20.1. The van der Waals surface area contributed by atoms with Crippen LogP contribution in [0, 0.1) is 0 Å². The van der Waals surface area contributed by atoms with E-state index in [4.69, 9.17) is 27.9 Å². The van der Waals surface area contributed by atoms with E-state index < -0.39 is 0 Å². The molecular formula is C18H16Cl2N8O. The van der Waals surface area contributed by atoms with Crippen molar-refractivity contribution >= 4 is 23.2 Å². The lowest BCUT2D eigenvalue weighted by Gasteiger charge is -2.02. The Bertz CT molecular complexity index is 976. The summed E-state index contributed by atoms with van der Waals surface area (Å²) in [7, 11) is 0. The average Bonchev–Trinajstić information content (AvgIpc) is 3.39. The third-order valence-electron chi connectivity index (χ3n) is 3.98. The van der Waals surface area contributed by atoms with Crippen molar-refractivity contribution < 1.29 is 4.74 Å². The van der Waals surface area contributed by atoms with E-state index in [0.717, 1.165) is 11.1 Å². The van der Waals surface area contributed by atoms with Crippen LogP contribution in [0.25, 0.3) is 22.8 Å². The van der Waals surface area contributed by atoms with Crippen molar-refractivity contribution in [1.29, 1.82) is 0 Å². The van der Waals surface area contributed by atoms with Gasteiger partial charge >= 0.3 is 0 Å². The van der Waals surface area contributed by atoms with E-state index in [1.54, 1.807) is 24.3 Å². The molecule has 29 heavy (non-hydrogen) atoms. The molecule has 148 valence electrons. The predicted molar refractivity (Wildman–Crippen MR) is 107 cm³/mol. The smallest absolute Gasteiger partial charge is 0.204 e. The van der Waals surface area contributed by atoms with E-state index in [9.17, 15) is 0 Å². The van der Waals surface area contributed by atoms with Crippen LogP contribution < -0.4 is 0 Å². The molecule has 4 aromatic rings. The minimum Gasteiger partial charge on any atom is -0.377 e. The van der Waals surface area contributed by atoms with Gasteiger partial charge in [0.15, 0.2) is 0 Å². The van der Waals surface area contributed by atoms with E-state index in [1.807, 2.05) is 24.3 Å². The molecule has 0 radical (unpaired) electrons. The first-order chi connectivity index (χ1) is 14.2. The third-order valence-corrected chi connectivity index (χ3v) is 4.49. The van der Waals surface area contributed by atoms with Gasteiger partial charge in [0.2, 0.25) is 11.6 Å². The molecule has 0 saturated heterocycles. The lowest BCUT2D eigenvalue weighted by molar-refractivity contribution is 0.108. The van der Waals surface area contributed by atoms with Crippen molar-refractivity contribution in [1.82, 2.24) is 40.4 Å². The highest BCUT2D eigenvalue weighted by Crippen LogP contribution is 2.17. The van der Waals surface area contributed by atoms with Gasteiger partial charge in [-0.15, -0.1) is 20.4 Å². The summed E-state index contributed by atoms with van der Waals surface area (Å²) in [5.41, 5.74) is 1.71. The molecule has 0 saturated carbocycles. The first kappa shape index (κ1) is 19.4. The number of nitrogens with zero attached hydrogens (tertiary/aromatic N) is 8. The summed E-state index contributed by atoms with van der Waals surface area (Å²) < 4.78 is 5.61. The van der Waals surface area contributed by atoms with Crippen molar-refractivity contribution in [2.24, 2.45) is 0 Å². The van der Waals surface area contributed by atoms with Crippen LogP contribution in [-0.4, -0.2) is 53.6 Å². The van der Waals surface area contributed by atoms with Crippen LogP contribution in [0.3, 0.4) is 0 Å². The SMILES string of the molecule is Clc1ccc(-c2nnn(CCOCCn3nnc(-c4ccc(Cl)cc4)n3)n2)cc1. The van der Waals surface area contributed by atoms with Crippen LogP contribution >= 0.6 is 23.2 Å². The molecule has 0 spiro atoms. The van der Waals surface area contributed by atoms with Gasteiger partial charge in [-0.3, -0.25) is 0 Å². The second-order valence-corrected chi connectivity index (χ2v) is 6.92. The Hall–Kier alpha value is -2.88. The van der Waals surface area contributed by atoms with Crippen molar-refractivity contribution in [2.45, 2.75) is 13.1 Å². The summed E-state index contributed by atoms with van der Waals surface area (Å²) in [6.07, 6.45) is 0. The number of tetrazole rings is 2. The number of ether oxygens (including phenoxy) is 1. The van der Waals surface area contributed by atoms with Gasteiger partial charge in [0, 0.05) is 21.2 Å². The van der Waals surface area contributed by atoms with Crippen LogP contribution in [0.1, 0.15) is 0 Å². The van der Waals surface area contributed by atoms with Crippen LogP contribution in [0.15, 0.2) is 48.5 Å². The Morgan fingerprint density at radius 3 is 1.48 bits per heavy atom. The van der Waals surface area contributed by atoms with Crippen LogP contribution in [0.4, 0.5) is 0 Å². The largest absolute Gasteiger partial charge is 0.377 e. The van der Waals surface area contributed by atoms with Gasteiger partial charge < -0.3 is 4.74 Å². The Kier molecular flexibility index (Phi) is 6.09. The third kappa shape index (κ3) is 5.14. The molecule has 0 N–H and O–H groups in total. The van der Waals surface area contributed by atoms with Crippen molar-refractivity contribution in [3.63, 3.8) is 0 Å². The second kappa shape index (κ2) is 9.08. The van der Waals surface area contributed by atoms with Gasteiger partial charge in [0.1, 0.15) is 0 Å². The second-order valence-electron chi connectivity index (χ2n) is 6.04. The molecule has 0 unspecified atom stereocenters. The fourth-order valence-electron chi connectivity index (χ4n) is 2.50. The number of rotatable bonds is 8. The highest BCUT2D eigenvalue weighted by Gasteiger charge is 2.07. The quantitative estimate of drug-likeness (QED) is 0.396. The van der Waals surface area contributed by atoms with Crippen LogP contribution in [-0.2, 0) is 17.8 Å². The van der Waals surface area contributed by atoms with E-state index in [-0.39, 0.29) is 0 Å².